The number of aromatic nitrogens is 4. The first-order valence-electron chi connectivity index (χ1n) is 13.4. The lowest BCUT2D eigenvalue weighted by Crippen LogP contribution is -2.55. The third-order valence-corrected chi connectivity index (χ3v) is 8.41. The second-order valence-corrected chi connectivity index (χ2v) is 10.8. The Bertz CT molecular complexity index is 1130. The minimum absolute atomic E-state index is 0.0491. The SMILES string of the molecule is Cc1c([N+](=O)[O-])cnn1C1CCN(C2COC2)CC1F.Cc1c([N+](=O)[O-])cnn1C1CCN(C2COC2)CC1F. The molecule has 0 spiro atoms. The van der Waals surface area contributed by atoms with Crippen molar-refractivity contribution in [3.63, 3.8) is 0 Å². The number of rotatable bonds is 6. The maximum absolute atomic E-state index is 14.4. The molecule has 0 amide bonds. The van der Waals surface area contributed by atoms with Gasteiger partial charge in [-0.25, -0.2) is 8.78 Å². The average molecular weight is 569 g/mol. The molecule has 6 heterocycles. The van der Waals surface area contributed by atoms with Gasteiger partial charge in [0.05, 0.1) is 60.4 Å². The molecule has 4 aliphatic heterocycles. The van der Waals surface area contributed by atoms with Crippen molar-refractivity contribution in [1.82, 2.24) is 29.4 Å². The Morgan fingerprint density at radius 2 is 1.15 bits per heavy atom. The minimum atomic E-state index is -1.07. The van der Waals surface area contributed by atoms with Crippen LogP contribution in [0.4, 0.5) is 20.2 Å². The number of hydrogen-bond donors (Lipinski definition) is 0. The molecular formula is C24H34F2N8O6. The van der Waals surface area contributed by atoms with Crippen LogP contribution in [0, 0.1) is 34.1 Å². The van der Waals surface area contributed by atoms with Gasteiger partial charge in [0.2, 0.25) is 0 Å². The highest BCUT2D eigenvalue weighted by molar-refractivity contribution is 5.32. The van der Waals surface area contributed by atoms with E-state index in [0.717, 1.165) is 13.1 Å². The van der Waals surface area contributed by atoms with Crippen LogP contribution >= 0.6 is 0 Å². The lowest BCUT2D eigenvalue weighted by molar-refractivity contribution is -0.385. The van der Waals surface area contributed by atoms with Crippen molar-refractivity contribution in [2.75, 3.05) is 52.6 Å². The van der Waals surface area contributed by atoms with E-state index in [1.165, 1.54) is 21.8 Å². The van der Waals surface area contributed by atoms with E-state index in [2.05, 4.69) is 20.0 Å². The number of piperidine rings is 2. The molecule has 4 fully saturated rings. The summed E-state index contributed by atoms with van der Waals surface area (Å²) in [7, 11) is 0. The van der Waals surface area contributed by atoms with E-state index in [9.17, 15) is 29.0 Å². The van der Waals surface area contributed by atoms with Gasteiger partial charge in [0.15, 0.2) is 0 Å². The van der Waals surface area contributed by atoms with E-state index in [4.69, 9.17) is 9.47 Å². The van der Waals surface area contributed by atoms with Gasteiger partial charge in [0, 0.05) is 26.2 Å². The second kappa shape index (κ2) is 11.8. The topological polar surface area (TPSA) is 147 Å². The Balaban J connectivity index is 0.000000161. The number of nitrogens with zero attached hydrogens (tertiary/aromatic N) is 8. The van der Waals surface area contributed by atoms with Gasteiger partial charge in [-0.2, -0.15) is 10.2 Å². The third kappa shape index (κ3) is 5.57. The Hall–Kier alpha value is -3.08. The number of alkyl halides is 2. The molecule has 4 aliphatic rings. The molecule has 0 bridgehead atoms. The maximum atomic E-state index is 14.4. The molecule has 2 aromatic heterocycles. The highest BCUT2D eigenvalue weighted by Crippen LogP contribution is 2.32. The summed E-state index contributed by atoms with van der Waals surface area (Å²) in [5, 5.41) is 29.7. The van der Waals surface area contributed by atoms with Crippen LogP contribution in [0.5, 0.6) is 0 Å². The van der Waals surface area contributed by atoms with E-state index in [0.29, 0.717) is 75.8 Å². The molecule has 4 saturated heterocycles. The first-order valence-corrected chi connectivity index (χ1v) is 13.4. The van der Waals surface area contributed by atoms with Gasteiger partial charge in [0.25, 0.3) is 0 Å². The van der Waals surface area contributed by atoms with Gasteiger partial charge < -0.3 is 9.47 Å². The first kappa shape index (κ1) is 28.4. The van der Waals surface area contributed by atoms with Crippen molar-refractivity contribution in [3.05, 3.63) is 44.0 Å². The van der Waals surface area contributed by atoms with E-state index in [1.807, 2.05) is 0 Å². The molecule has 0 saturated carbocycles. The average Bonchev–Trinajstić information content (AvgIpc) is 3.40. The van der Waals surface area contributed by atoms with Gasteiger partial charge in [-0.05, 0) is 26.7 Å². The van der Waals surface area contributed by atoms with Crippen molar-refractivity contribution < 1.29 is 28.1 Å². The van der Waals surface area contributed by atoms with Crippen molar-refractivity contribution in [2.45, 2.75) is 63.2 Å². The first-order chi connectivity index (χ1) is 19.2. The normalized spacial score (nSPS) is 28.3. The van der Waals surface area contributed by atoms with Crippen LogP contribution in [-0.2, 0) is 9.47 Å². The summed E-state index contributed by atoms with van der Waals surface area (Å²) < 4.78 is 42.0. The molecule has 4 unspecified atom stereocenters. The third-order valence-electron chi connectivity index (χ3n) is 8.41. The largest absolute Gasteiger partial charge is 0.378 e. The Morgan fingerprint density at radius 1 is 0.775 bits per heavy atom. The van der Waals surface area contributed by atoms with Crippen LogP contribution in [0.2, 0.25) is 0 Å². The summed E-state index contributed by atoms with van der Waals surface area (Å²) in [4.78, 5) is 24.9. The van der Waals surface area contributed by atoms with Gasteiger partial charge in [0.1, 0.15) is 36.1 Å². The number of halogens is 2. The standard InChI is InChI=1S/2C12H17FN4O3/c2*1-8-12(17(18)19)4-14-16(8)11-2-3-15(5-10(11)13)9-6-20-7-9/h2*4,9-11H,2-3,5-7H2,1H3. The van der Waals surface area contributed by atoms with Gasteiger partial charge in [-0.3, -0.25) is 39.4 Å². The summed E-state index contributed by atoms with van der Waals surface area (Å²) in [6, 6.07) is -0.189. The van der Waals surface area contributed by atoms with Crippen LogP contribution in [0.15, 0.2) is 12.4 Å². The number of ether oxygens (including phenoxy) is 2. The lowest BCUT2D eigenvalue weighted by atomic mass is 10.0. The molecule has 0 N–H and O–H groups in total. The van der Waals surface area contributed by atoms with Crippen molar-refractivity contribution >= 4 is 11.4 Å². The second-order valence-electron chi connectivity index (χ2n) is 10.8. The summed E-state index contributed by atoms with van der Waals surface area (Å²) in [6.45, 7) is 8.13. The Labute approximate surface area is 229 Å². The van der Waals surface area contributed by atoms with Crippen LogP contribution in [0.1, 0.15) is 36.3 Å². The van der Waals surface area contributed by atoms with E-state index < -0.39 is 34.3 Å². The predicted octanol–water partition coefficient (Wildman–Crippen LogP) is 2.17. The monoisotopic (exact) mass is 568 g/mol. The fourth-order valence-corrected chi connectivity index (χ4v) is 5.77. The molecule has 4 atom stereocenters. The maximum Gasteiger partial charge on any atom is 0.309 e. The van der Waals surface area contributed by atoms with E-state index in [1.54, 1.807) is 13.8 Å². The van der Waals surface area contributed by atoms with E-state index >= 15 is 0 Å². The number of hydrogen-bond acceptors (Lipinski definition) is 10. The molecule has 0 aromatic carbocycles. The Morgan fingerprint density at radius 3 is 1.40 bits per heavy atom. The Kier molecular flexibility index (Phi) is 8.39. The predicted molar refractivity (Wildman–Crippen MR) is 137 cm³/mol. The molecule has 40 heavy (non-hydrogen) atoms. The molecule has 0 radical (unpaired) electrons. The van der Waals surface area contributed by atoms with Crippen LogP contribution in [0.25, 0.3) is 0 Å². The van der Waals surface area contributed by atoms with E-state index in [-0.39, 0.29) is 11.4 Å². The zero-order valence-electron chi connectivity index (χ0n) is 22.5. The van der Waals surface area contributed by atoms with Gasteiger partial charge in [-0.1, -0.05) is 0 Å². The number of likely N-dealkylation sites (tertiary alicyclic amines) is 2. The highest BCUT2D eigenvalue weighted by atomic mass is 19.1. The van der Waals surface area contributed by atoms with Crippen molar-refractivity contribution in [3.8, 4) is 0 Å². The van der Waals surface area contributed by atoms with Crippen molar-refractivity contribution in [1.29, 1.82) is 0 Å². The fraction of sp³-hybridized carbons (Fsp3) is 0.750. The van der Waals surface area contributed by atoms with Gasteiger partial charge in [-0.15, -0.1) is 0 Å². The van der Waals surface area contributed by atoms with Crippen LogP contribution in [0.3, 0.4) is 0 Å². The highest BCUT2D eigenvalue weighted by Gasteiger charge is 2.39. The van der Waals surface area contributed by atoms with Crippen molar-refractivity contribution in [2.24, 2.45) is 0 Å². The zero-order valence-corrected chi connectivity index (χ0v) is 22.5. The molecular weight excluding hydrogens is 534 g/mol. The van der Waals surface area contributed by atoms with Gasteiger partial charge >= 0.3 is 11.4 Å². The minimum Gasteiger partial charge on any atom is -0.378 e. The quantitative estimate of drug-likeness (QED) is 0.375. The summed E-state index contributed by atoms with van der Waals surface area (Å²) in [5.41, 5.74) is 0.741. The van der Waals surface area contributed by atoms with Crippen LogP contribution in [-0.4, -0.2) is 116 Å². The van der Waals surface area contributed by atoms with Crippen LogP contribution < -0.4 is 0 Å². The molecule has 16 heteroatoms. The molecule has 220 valence electrons. The smallest absolute Gasteiger partial charge is 0.309 e. The summed E-state index contributed by atoms with van der Waals surface area (Å²) in [6.07, 6.45) is 1.49. The molecule has 6 rings (SSSR count). The molecule has 0 aliphatic carbocycles. The summed E-state index contributed by atoms with van der Waals surface area (Å²) in [5.74, 6) is 0. The summed E-state index contributed by atoms with van der Waals surface area (Å²) >= 11 is 0. The molecule has 2 aromatic rings. The number of nitro groups is 2. The molecule has 14 nitrogen and oxygen atoms in total. The fourth-order valence-electron chi connectivity index (χ4n) is 5.77. The zero-order chi connectivity index (χ0) is 28.6. The lowest BCUT2D eigenvalue weighted by Gasteiger charge is -2.42.